The number of esters is 1. The summed E-state index contributed by atoms with van der Waals surface area (Å²) >= 11 is 0. The largest absolute Gasteiger partial charge is 0.465 e. The summed E-state index contributed by atoms with van der Waals surface area (Å²) in [5, 5.41) is 10.6. The maximum Gasteiger partial charge on any atom is 0.312 e. The lowest BCUT2D eigenvalue weighted by atomic mass is 9.77. The predicted molar refractivity (Wildman–Crippen MR) is 144 cm³/mol. The van der Waals surface area contributed by atoms with Gasteiger partial charge >= 0.3 is 5.97 Å². The number of likely N-dealkylation sites (tertiary alicyclic amines) is 1. The van der Waals surface area contributed by atoms with Crippen LogP contribution >= 0.6 is 0 Å². The zero-order valence-electron chi connectivity index (χ0n) is 22.6. The van der Waals surface area contributed by atoms with Crippen LogP contribution in [0.25, 0.3) is 0 Å². The topological polar surface area (TPSA) is 109 Å². The monoisotopic (exact) mass is 551 g/mol. The van der Waals surface area contributed by atoms with E-state index in [2.05, 4.69) is 4.90 Å². The molecule has 6 atom stereocenters. The molecule has 6 rings (SSSR count). The number of aliphatic hydroxyl groups excluding tert-OH is 1. The lowest BCUT2D eigenvalue weighted by Crippen LogP contribution is -2.59. The molecule has 5 aliphatic heterocycles. The lowest BCUT2D eigenvalue weighted by Gasteiger charge is -2.39. The number of ether oxygens (including phenoxy) is 3. The highest BCUT2D eigenvalue weighted by Gasteiger charge is 2.72. The molecule has 0 aromatic heterocycles. The average molecular weight is 552 g/mol. The first-order valence-corrected chi connectivity index (χ1v) is 14.3. The molecule has 5 aliphatic rings. The van der Waals surface area contributed by atoms with Crippen LogP contribution in [0.4, 0.5) is 0 Å². The second-order valence-electron chi connectivity index (χ2n) is 11.1. The van der Waals surface area contributed by atoms with Crippen molar-refractivity contribution in [2.45, 2.75) is 36.6 Å². The maximum atomic E-state index is 14.4. The van der Waals surface area contributed by atoms with Crippen LogP contribution < -0.4 is 0 Å². The van der Waals surface area contributed by atoms with E-state index in [0.717, 1.165) is 18.7 Å². The van der Waals surface area contributed by atoms with Crippen molar-refractivity contribution >= 4 is 17.8 Å². The number of benzene rings is 1. The number of nitrogens with zero attached hydrogens (tertiary/aromatic N) is 3. The first-order chi connectivity index (χ1) is 19.5. The van der Waals surface area contributed by atoms with Gasteiger partial charge in [0.25, 0.3) is 0 Å². The van der Waals surface area contributed by atoms with Crippen molar-refractivity contribution in [2.75, 3.05) is 59.2 Å². The van der Waals surface area contributed by atoms with Crippen molar-refractivity contribution in [3.05, 3.63) is 60.2 Å². The predicted octanol–water partition coefficient (Wildman–Crippen LogP) is 0.405. The molecule has 1 spiro atoms. The third kappa shape index (κ3) is 4.76. The van der Waals surface area contributed by atoms with Gasteiger partial charge in [0, 0.05) is 32.7 Å². The number of amides is 2. The van der Waals surface area contributed by atoms with Gasteiger partial charge in [0.1, 0.15) is 17.6 Å². The molecule has 214 valence electrons. The Morgan fingerprint density at radius 2 is 1.80 bits per heavy atom. The van der Waals surface area contributed by atoms with Gasteiger partial charge < -0.3 is 29.1 Å². The first-order valence-electron chi connectivity index (χ1n) is 14.3. The van der Waals surface area contributed by atoms with E-state index in [1.807, 2.05) is 54.6 Å². The zero-order chi connectivity index (χ0) is 27.7. The molecule has 0 radical (unpaired) electrons. The molecule has 5 heterocycles. The molecule has 2 amide bonds. The molecule has 0 saturated carbocycles. The molecule has 0 bridgehead atoms. The number of aliphatic hydroxyl groups is 1. The van der Waals surface area contributed by atoms with Gasteiger partial charge in [-0.2, -0.15) is 0 Å². The first kappa shape index (κ1) is 27.1. The average Bonchev–Trinajstić information content (AvgIpc) is 3.36. The van der Waals surface area contributed by atoms with E-state index < -0.39 is 41.6 Å². The van der Waals surface area contributed by atoms with Crippen molar-refractivity contribution in [2.24, 2.45) is 11.8 Å². The minimum Gasteiger partial charge on any atom is -0.465 e. The minimum atomic E-state index is -1.34. The molecule has 3 saturated heterocycles. The van der Waals surface area contributed by atoms with Gasteiger partial charge in [-0.25, -0.2) is 0 Å². The van der Waals surface area contributed by atoms with Gasteiger partial charge in [-0.05, 0) is 18.4 Å². The van der Waals surface area contributed by atoms with Crippen molar-refractivity contribution in [1.29, 1.82) is 0 Å². The quantitative estimate of drug-likeness (QED) is 0.384. The molecule has 1 N–H and O–H groups in total. The molecular weight excluding hydrogens is 514 g/mol. The molecule has 10 heteroatoms. The fraction of sp³-hybridized carbons (Fsp3) is 0.567. The summed E-state index contributed by atoms with van der Waals surface area (Å²) in [5.74, 6) is -2.87. The van der Waals surface area contributed by atoms with Gasteiger partial charge in [-0.1, -0.05) is 54.6 Å². The molecule has 1 aromatic rings. The number of hydrogen-bond donors (Lipinski definition) is 1. The highest BCUT2D eigenvalue weighted by molar-refractivity contribution is 5.99. The Hall–Kier alpha value is -3.05. The van der Waals surface area contributed by atoms with Gasteiger partial charge in [-0.15, -0.1) is 0 Å². The van der Waals surface area contributed by atoms with Crippen LogP contribution in [0.15, 0.2) is 54.6 Å². The number of carbonyl (C=O) groups is 3. The number of hydrogen-bond acceptors (Lipinski definition) is 8. The maximum absolute atomic E-state index is 14.4. The van der Waals surface area contributed by atoms with Crippen LogP contribution in [0, 0.1) is 11.8 Å². The molecule has 40 heavy (non-hydrogen) atoms. The Kier molecular flexibility index (Phi) is 7.76. The molecule has 1 aromatic carbocycles. The van der Waals surface area contributed by atoms with Crippen LogP contribution in [0.3, 0.4) is 0 Å². The minimum absolute atomic E-state index is 0.229. The Balaban J connectivity index is 1.37. The van der Waals surface area contributed by atoms with Crippen LogP contribution in [0.1, 0.15) is 12.0 Å². The van der Waals surface area contributed by atoms with Crippen LogP contribution in [-0.2, 0) is 35.0 Å². The summed E-state index contributed by atoms with van der Waals surface area (Å²) in [6, 6.07) is 7.92. The number of cyclic esters (lactones) is 1. The Bertz CT molecular complexity index is 1170. The summed E-state index contributed by atoms with van der Waals surface area (Å²) in [6.45, 7) is 4.40. The fourth-order valence-corrected chi connectivity index (χ4v) is 6.91. The third-order valence-corrected chi connectivity index (χ3v) is 8.85. The molecule has 1 unspecified atom stereocenters. The molecular formula is C30H37N3O7. The number of rotatable bonds is 7. The Morgan fingerprint density at radius 3 is 2.58 bits per heavy atom. The van der Waals surface area contributed by atoms with Gasteiger partial charge in [-0.3, -0.25) is 19.3 Å². The van der Waals surface area contributed by atoms with E-state index >= 15 is 0 Å². The van der Waals surface area contributed by atoms with E-state index in [4.69, 9.17) is 14.2 Å². The smallest absolute Gasteiger partial charge is 0.312 e. The van der Waals surface area contributed by atoms with Crippen LogP contribution in [-0.4, -0.2) is 121 Å². The van der Waals surface area contributed by atoms with Crippen molar-refractivity contribution in [3.8, 4) is 0 Å². The number of fused-ring (bicyclic) bond motifs is 2. The van der Waals surface area contributed by atoms with Crippen LogP contribution in [0.5, 0.6) is 0 Å². The lowest BCUT2D eigenvalue weighted by molar-refractivity contribution is -0.156. The third-order valence-electron chi connectivity index (χ3n) is 8.85. The second kappa shape index (κ2) is 11.4. The summed E-state index contributed by atoms with van der Waals surface area (Å²) in [5.41, 5.74) is -0.400. The van der Waals surface area contributed by atoms with Gasteiger partial charge in [0.15, 0.2) is 0 Å². The van der Waals surface area contributed by atoms with Gasteiger partial charge in [0.05, 0.1) is 44.5 Å². The Morgan fingerprint density at radius 1 is 1.00 bits per heavy atom. The normalized spacial score (nSPS) is 33.1. The Labute approximate surface area is 234 Å². The van der Waals surface area contributed by atoms with Crippen LogP contribution in [0.2, 0.25) is 0 Å². The van der Waals surface area contributed by atoms with E-state index in [1.165, 1.54) is 4.90 Å². The van der Waals surface area contributed by atoms with Gasteiger partial charge in [0.2, 0.25) is 11.8 Å². The van der Waals surface area contributed by atoms with E-state index in [0.29, 0.717) is 45.7 Å². The SMILES string of the molecule is O=C1OCCC=C[C@@H]2O[C@]34C=CCN(CCN5CCOCC5)C(=O)C3N([C@@H](CO)Cc3ccccc3)C(=O)[C@@H]4[C@H]12. The summed E-state index contributed by atoms with van der Waals surface area (Å²) in [7, 11) is 0. The number of carbonyl (C=O) groups excluding carboxylic acids is 3. The molecule has 0 aliphatic carbocycles. The summed E-state index contributed by atoms with van der Waals surface area (Å²) < 4.78 is 17.6. The van der Waals surface area contributed by atoms with E-state index in [9.17, 15) is 19.5 Å². The number of morpholine rings is 1. The van der Waals surface area contributed by atoms with Crippen molar-refractivity contribution in [3.63, 3.8) is 0 Å². The van der Waals surface area contributed by atoms with E-state index in [-0.39, 0.29) is 25.0 Å². The standard InChI is InChI=1S/C30H37N3O7/c34-20-22(19-21-7-2-1-3-8-21)33-26-28(36)32(13-12-31-14-17-38-18-15-31)11-6-10-30(26)25(27(33)35)24-23(40-30)9-4-5-16-39-29(24)37/h1-4,6-10,22-26,34H,5,11-20H2/t22-,23+,24-,25+,26?,30+/m1/s1. The fourth-order valence-electron chi connectivity index (χ4n) is 6.91. The van der Waals surface area contributed by atoms with Crippen molar-refractivity contribution in [1.82, 2.24) is 14.7 Å². The second-order valence-corrected chi connectivity index (χ2v) is 11.1. The highest BCUT2D eigenvalue weighted by Crippen LogP contribution is 2.53. The van der Waals surface area contributed by atoms with Crippen molar-refractivity contribution < 1.29 is 33.7 Å². The van der Waals surface area contributed by atoms with E-state index in [1.54, 1.807) is 4.90 Å². The molecule has 3 fully saturated rings. The highest BCUT2D eigenvalue weighted by atomic mass is 16.6. The summed E-state index contributed by atoms with van der Waals surface area (Å²) in [4.78, 5) is 47.6. The summed E-state index contributed by atoms with van der Waals surface area (Å²) in [6.07, 6.45) is 7.71. The zero-order valence-corrected chi connectivity index (χ0v) is 22.6. The molecule has 10 nitrogen and oxygen atoms in total.